The minimum absolute atomic E-state index is 0.0132. The molecule has 8 nitrogen and oxygen atoms in total. The Morgan fingerprint density at radius 3 is 2.48 bits per heavy atom. The number of hydroxylamine groups is 2. The van der Waals surface area contributed by atoms with Gasteiger partial charge in [0, 0.05) is 55.8 Å². The number of fused-ring (bicyclic) bond motifs is 3. The molecule has 1 amide bonds. The molecule has 0 saturated carbocycles. The predicted octanol–water partition coefficient (Wildman–Crippen LogP) is 6.08. The highest BCUT2D eigenvalue weighted by atomic mass is 19.4. The van der Waals surface area contributed by atoms with Crippen LogP contribution in [-0.2, 0) is 6.18 Å². The van der Waals surface area contributed by atoms with Crippen molar-refractivity contribution in [2.75, 3.05) is 30.4 Å². The number of aryl methyl sites for hydroxylation is 1. The third-order valence-electron chi connectivity index (χ3n) is 7.02. The standard InChI is InChI=1S/C27H27F5N6O2/c1-15-12-18(16(2)33-20-7-5-4-6-17(20)24(39)36(3)40)22-19(13-15)23-34-21(27(30,31)32)14-38(23)25(35-22)37-10-8-26(28,29)9-11-37/h4-7,12-14,16,33,40H,8-11H2,1-3H3/t16-/m1/s1. The molecule has 2 N–H and O–H groups in total. The summed E-state index contributed by atoms with van der Waals surface area (Å²) in [4.78, 5) is 22.7. The summed E-state index contributed by atoms with van der Waals surface area (Å²) in [6.07, 6.45) is -4.77. The third-order valence-corrected chi connectivity index (χ3v) is 7.02. The number of rotatable bonds is 5. The fourth-order valence-corrected chi connectivity index (χ4v) is 4.98. The molecule has 0 unspecified atom stereocenters. The van der Waals surface area contributed by atoms with Crippen LogP contribution >= 0.6 is 0 Å². The van der Waals surface area contributed by atoms with Crippen LogP contribution < -0.4 is 10.2 Å². The fraction of sp³-hybridized carbons (Fsp3) is 0.370. The maximum absolute atomic E-state index is 13.9. The molecule has 3 heterocycles. The van der Waals surface area contributed by atoms with Gasteiger partial charge in [0.1, 0.15) is 5.65 Å². The minimum Gasteiger partial charge on any atom is -0.378 e. The van der Waals surface area contributed by atoms with Gasteiger partial charge in [-0.1, -0.05) is 18.2 Å². The van der Waals surface area contributed by atoms with Crippen LogP contribution in [0.3, 0.4) is 0 Å². The van der Waals surface area contributed by atoms with Crippen LogP contribution in [-0.4, -0.2) is 56.6 Å². The van der Waals surface area contributed by atoms with Crippen molar-refractivity contribution >= 4 is 34.1 Å². The smallest absolute Gasteiger partial charge is 0.378 e. The van der Waals surface area contributed by atoms with Gasteiger partial charge in [-0.05, 0) is 37.6 Å². The zero-order chi connectivity index (χ0) is 29.0. The first-order chi connectivity index (χ1) is 18.7. The fourth-order valence-electron chi connectivity index (χ4n) is 4.98. The molecule has 1 atom stereocenters. The number of alkyl halides is 5. The molecule has 0 aliphatic carbocycles. The lowest BCUT2D eigenvalue weighted by atomic mass is 10.00. The number of benzene rings is 2. The molecule has 1 fully saturated rings. The van der Waals surface area contributed by atoms with Crippen molar-refractivity contribution in [2.24, 2.45) is 0 Å². The van der Waals surface area contributed by atoms with Gasteiger partial charge in [0.2, 0.25) is 5.95 Å². The molecule has 13 heteroatoms. The number of anilines is 2. The van der Waals surface area contributed by atoms with Crippen molar-refractivity contribution in [3.8, 4) is 0 Å². The zero-order valence-electron chi connectivity index (χ0n) is 21.9. The Labute approximate surface area is 226 Å². The Kier molecular flexibility index (Phi) is 6.81. The third kappa shape index (κ3) is 5.12. The van der Waals surface area contributed by atoms with E-state index in [2.05, 4.69) is 10.3 Å². The first-order valence-corrected chi connectivity index (χ1v) is 12.6. The number of nitrogens with zero attached hydrogens (tertiary/aromatic N) is 5. The maximum atomic E-state index is 13.9. The molecule has 212 valence electrons. The molecular weight excluding hydrogens is 535 g/mol. The average Bonchev–Trinajstić information content (AvgIpc) is 3.35. The molecule has 0 radical (unpaired) electrons. The van der Waals surface area contributed by atoms with E-state index in [1.54, 1.807) is 49.1 Å². The number of hydrogen-bond acceptors (Lipinski definition) is 6. The number of amides is 1. The van der Waals surface area contributed by atoms with Gasteiger partial charge in [-0.25, -0.2) is 23.8 Å². The van der Waals surface area contributed by atoms with E-state index in [1.165, 1.54) is 11.4 Å². The average molecular weight is 563 g/mol. The van der Waals surface area contributed by atoms with E-state index in [9.17, 15) is 32.0 Å². The van der Waals surface area contributed by atoms with E-state index in [1.807, 2.05) is 6.07 Å². The summed E-state index contributed by atoms with van der Waals surface area (Å²) >= 11 is 0. The summed E-state index contributed by atoms with van der Waals surface area (Å²) in [5.74, 6) is -3.39. The van der Waals surface area contributed by atoms with Gasteiger partial charge in [0.15, 0.2) is 5.69 Å². The topological polar surface area (TPSA) is 86.0 Å². The lowest BCUT2D eigenvalue weighted by molar-refractivity contribution is -0.140. The molecule has 40 heavy (non-hydrogen) atoms. The lowest BCUT2D eigenvalue weighted by Gasteiger charge is -2.33. The molecule has 0 bridgehead atoms. The molecule has 1 saturated heterocycles. The molecule has 0 spiro atoms. The lowest BCUT2D eigenvalue weighted by Crippen LogP contribution is -2.40. The van der Waals surface area contributed by atoms with Crippen LogP contribution in [0.1, 0.15) is 53.0 Å². The summed E-state index contributed by atoms with van der Waals surface area (Å²) in [6.45, 7) is 3.43. The van der Waals surface area contributed by atoms with Gasteiger partial charge >= 0.3 is 6.18 Å². The summed E-state index contributed by atoms with van der Waals surface area (Å²) in [5.41, 5.74) is 1.24. The van der Waals surface area contributed by atoms with Gasteiger partial charge in [-0.15, -0.1) is 0 Å². The highest BCUT2D eigenvalue weighted by Gasteiger charge is 2.38. The van der Waals surface area contributed by atoms with Crippen molar-refractivity contribution in [1.82, 2.24) is 19.4 Å². The SMILES string of the molecule is Cc1cc([C@@H](C)Nc2ccccc2C(=O)N(C)O)c2nc(N3CCC(F)(F)CC3)n3cc(C(F)(F)F)nc3c2c1. The van der Waals surface area contributed by atoms with Crippen LogP contribution in [0, 0.1) is 6.92 Å². The second-order valence-electron chi connectivity index (χ2n) is 10.1. The van der Waals surface area contributed by atoms with Crippen molar-refractivity contribution in [2.45, 2.75) is 44.8 Å². The summed E-state index contributed by atoms with van der Waals surface area (Å²) in [7, 11) is 1.21. The largest absolute Gasteiger partial charge is 0.434 e. The monoisotopic (exact) mass is 562 g/mol. The van der Waals surface area contributed by atoms with Crippen molar-refractivity contribution in [3.63, 3.8) is 0 Å². The second-order valence-corrected chi connectivity index (χ2v) is 10.1. The number of nitrogens with one attached hydrogen (secondary N) is 1. The summed E-state index contributed by atoms with van der Waals surface area (Å²) in [5, 5.41) is 13.8. The van der Waals surface area contributed by atoms with Crippen LogP contribution in [0.5, 0.6) is 0 Å². The second kappa shape index (κ2) is 9.88. The van der Waals surface area contributed by atoms with Crippen LogP contribution in [0.25, 0.3) is 16.6 Å². The molecular formula is C27H27F5N6O2. The highest BCUT2D eigenvalue weighted by molar-refractivity contribution is 5.99. The Balaban J connectivity index is 1.67. The van der Waals surface area contributed by atoms with Crippen LogP contribution in [0.4, 0.5) is 33.6 Å². The molecule has 2 aromatic carbocycles. The number of hydrogen-bond donors (Lipinski definition) is 2. The van der Waals surface area contributed by atoms with E-state index < -0.39 is 42.6 Å². The van der Waals surface area contributed by atoms with E-state index >= 15 is 0 Å². The molecule has 5 rings (SSSR count). The van der Waals surface area contributed by atoms with Gasteiger partial charge in [0.25, 0.3) is 11.8 Å². The van der Waals surface area contributed by atoms with E-state index in [0.29, 0.717) is 27.2 Å². The Hall–Kier alpha value is -4.00. The number of carbonyl (C=O) groups is 1. The molecule has 1 aliphatic heterocycles. The van der Waals surface area contributed by atoms with E-state index in [-0.39, 0.29) is 30.2 Å². The molecule has 2 aromatic heterocycles. The normalized spacial score (nSPS) is 16.4. The van der Waals surface area contributed by atoms with Gasteiger partial charge < -0.3 is 10.2 Å². The van der Waals surface area contributed by atoms with Gasteiger partial charge in [-0.2, -0.15) is 13.2 Å². The Bertz CT molecular complexity index is 1590. The quantitative estimate of drug-likeness (QED) is 0.174. The van der Waals surface area contributed by atoms with Gasteiger partial charge in [0.05, 0.1) is 17.1 Å². The first-order valence-electron chi connectivity index (χ1n) is 12.6. The Morgan fingerprint density at radius 2 is 1.82 bits per heavy atom. The highest BCUT2D eigenvalue weighted by Crippen LogP contribution is 2.37. The summed E-state index contributed by atoms with van der Waals surface area (Å²) < 4.78 is 70.2. The number of aromatic nitrogens is 3. The van der Waals surface area contributed by atoms with Crippen molar-refractivity contribution < 1.29 is 32.0 Å². The maximum Gasteiger partial charge on any atom is 0.434 e. The van der Waals surface area contributed by atoms with Gasteiger partial charge in [-0.3, -0.25) is 14.4 Å². The van der Waals surface area contributed by atoms with Crippen molar-refractivity contribution in [3.05, 3.63) is 65.0 Å². The van der Waals surface area contributed by atoms with E-state index in [0.717, 1.165) is 11.8 Å². The zero-order valence-corrected chi connectivity index (χ0v) is 21.9. The summed E-state index contributed by atoms with van der Waals surface area (Å²) in [6, 6.07) is 9.59. The first kappa shape index (κ1) is 27.6. The predicted molar refractivity (Wildman–Crippen MR) is 139 cm³/mol. The minimum atomic E-state index is -4.72. The molecule has 4 aromatic rings. The number of carbonyl (C=O) groups excluding carboxylic acids is 1. The van der Waals surface area contributed by atoms with Crippen molar-refractivity contribution in [1.29, 1.82) is 0 Å². The number of halogens is 5. The number of para-hydroxylation sites is 1. The molecule has 1 aliphatic rings. The van der Waals surface area contributed by atoms with Crippen LogP contribution in [0.15, 0.2) is 42.6 Å². The number of imidazole rings is 1. The van der Waals surface area contributed by atoms with Crippen LogP contribution in [0.2, 0.25) is 0 Å². The van der Waals surface area contributed by atoms with E-state index in [4.69, 9.17) is 4.98 Å². The number of piperidine rings is 1. The Morgan fingerprint density at radius 1 is 1.15 bits per heavy atom.